The van der Waals surface area contributed by atoms with Gasteiger partial charge >= 0.3 is 5.97 Å². The smallest absolute Gasteiger partial charge is 0.339 e. The van der Waals surface area contributed by atoms with Crippen LogP contribution in [0.15, 0.2) is 18.2 Å². The van der Waals surface area contributed by atoms with Crippen LogP contribution in [0.1, 0.15) is 32.9 Å². The molecule has 140 valence electrons. The van der Waals surface area contributed by atoms with Crippen LogP contribution in [0, 0.1) is 27.7 Å². The molecule has 0 aliphatic heterocycles. The molecular formula is C19H19ClN4O3. The Hall–Kier alpha value is -2.93. The zero-order valence-electron chi connectivity index (χ0n) is 15.4. The third-order valence-electron chi connectivity index (χ3n) is 4.08. The van der Waals surface area contributed by atoms with Crippen molar-refractivity contribution in [3.05, 3.63) is 51.3 Å². The van der Waals surface area contributed by atoms with Gasteiger partial charge in [0.25, 0.3) is 5.91 Å². The molecule has 7 nitrogen and oxygen atoms in total. The lowest BCUT2D eigenvalue weighted by Gasteiger charge is -2.12. The molecule has 3 rings (SSSR count). The summed E-state index contributed by atoms with van der Waals surface area (Å²) in [6, 6.07) is 5.28. The highest BCUT2D eigenvalue weighted by molar-refractivity contribution is 6.34. The van der Waals surface area contributed by atoms with Crippen molar-refractivity contribution in [2.45, 2.75) is 27.7 Å². The molecule has 0 saturated heterocycles. The molecule has 0 saturated carbocycles. The fourth-order valence-corrected chi connectivity index (χ4v) is 3.29. The Morgan fingerprint density at radius 3 is 2.63 bits per heavy atom. The molecule has 0 unspecified atom stereocenters. The summed E-state index contributed by atoms with van der Waals surface area (Å²) < 4.78 is 5.19. The summed E-state index contributed by atoms with van der Waals surface area (Å²) in [5.41, 5.74) is 4.43. The number of benzene rings is 1. The molecule has 2 aromatic heterocycles. The molecular weight excluding hydrogens is 368 g/mol. The average molecular weight is 387 g/mol. The van der Waals surface area contributed by atoms with Crippen molar-refractivity contribution in [1.29, 1.82) is 0 Å². The normalized spacial score (nSPS) is 10.9. The molecule has 0 fully saturated rings. The van der Waals surface area contributed by atoms with Crippen molar-refractivity contribution in [2.24, 2.45) is 0 Å². The van der Waals surface area contributed by atoms with Gasteiger partial charge in [0, 0.05) is 11.4 Å². The van der Waals surface area contributed by atoms with E-state index >= 15 is 0 Å². The number of nitrogens with one attached hydrogen (secondary N) is 2. The van der Waals surface area contributed by atoms with Crippen LogP contribution in [0.5, 0.6) is 0 Å². The van der Waals surface area contributed by atoms with Crippen LogP contribution >= 0.6 is 11.6 Å². The number of anilines is 1. The first kappa shape index (κ1) is 18.8. The highest BCUT2D eigenvalue weighted by Gasteiger charge is 2.19. The van der Waals surface area contributed by atoms with E-state index in [-0.39, 0.29) is 0 Å². The summed E-state index contributed by atoms with van der Waals surface area (Å²) in [7, 11) is 0. The Morgan fingerprint density at radius 1 is 1.19 bits per heavy atom. The zero-order chi connectivity index (χ0) is 19.7. The van der Waals surface area contributed by atoms with Gasteiger partial charge < -0.3 is 10.1 Å². The number of ether oxygens (including phenoxy) is 1. The molecule has 0 radical (unpaired) electrons. The van der Waals surface area contributed by atoms with Crippen molar-refractivity contribution in [1.82, 2.24) is 15.2 Å². The number of carbonyl (C=O) groups excluding carboxylic acids is 2. The van der Waals surface area contributed by atoms with Gasteiger partial charge in [0.15, 0.2) is 12.3 Å². The number of amides is 1. The molecule has 3 aromatic rings. The van der Waals surface area contributed by atoms with Crippen molar-refractivity contribution in [3.8, 4) is 0 Å². The van der Waals surface area contributed by atoms with Gasteiger partial charge in [0.1, 0.15) is 0 Å². The van der Waals surface area contributed by atoms with Crippen molar-refractivity contribution in [3.63, 3.8) is 0 Å². The molecule has 0 spiro atoms. The number of H-pyrrole nitrogens is 1. The Morgan fingerprint density at radius 2 is 1.93 bits per heavy atom. The van der Waals surface area contributed by atoms with E-state index in [1.165, 1.54) is 0 Å². The fourth-order valence-electron chi connectivity index (χ4n) is 2.92. The number of hydrogen-bond donors (Lipinski definition) is 2. The number of rotatable bonds is 4. The van der Waals surface area contributed by atoms with Crippen molar-refractivity contribution >= 4 is 40.2 Å². The summed E-state index contributed by atoms with van der Waals surface area (Å²) in [5, 5.41) is 10.6. The monoisotopic (exact) mass is 386 g/mol. The van der Waals surface area contributed by atoms with Gasteiger partial charge in [-0.2, -0.15) is 5.10 Å². The number of halogens is 1. The van der Waals surface area contributed by atoms with Gasteiger partial charge in [-0.3, -0.25) is 9.89 Å². The van der Waals surface area contributed by atoms with Crippen LogP contribution in [0.3, 0.4) is 0 Å². The molecule has 2 heterocycles. The minimum atomic E-state index is -0.614. The SMILES string of the molecule is Cc1cc(C)c(NC(=O)COC(=O)c2cc(C)nc3n[nH]c(C)c23)c(Cl)c1. The Labute approximate surface area is 161 Å². The second-order valence-electron chi connectivity index (χ2n) is 6.42. The molecule has 0 aliphatic rings. The number of aromatic amines is 1. The second kappa shape index (κ2) is 7.36. The van der Waals surface area contributed by atoms with E-state index in [2.05, 4.69) is 20.5 Å². The van der Waals surface area contributed by atoms with Crippen LogP contribution in [-0.2, 0) is 9.53 Å². The van der Waals surface area contributed by atoms with Gasteiger partial charge in [-0.05, 0) is 51.0 Å². The van der Waals surface area contributed by atoms with Crippen LogP contribution < -0.4 is 5.32 Å². The molecule has 0 atom stereocenters. The first-order valence-electron chi connectivity index (χ1n) is 8.32. The van der Waals surface area contributed by atoms with Crippen LogP contribution in [-0.4, -0.2) is 33.7 Å². The topological polar surface area (TPSA) is 97.0 Å². The minimum absolute atomic E-state index is 0.320. The number of fused-ring (bicyclic) bond motifs is 1. The van der Waals surface area contributed by atoms with Gasteiger partial charge in [-0.15, -0.1) is 0 Å². The lowest BCUT2D eigenvalue weighted by atomic mass is 10.1. The van der Waals surface area contributed by atoms with Crippen molar-refractivity contribution in [2.75, 3.05) is 11.9 Å². The lowest BCUT2D eigenvalue weighted by molar-refractivity contribution is -0.119. The molecule has 0 bridgehead atoms. The van der Waals surface area contributed by atoms with Gasteiger partial charge in [0.05, 0.1) is 21.7 Å². The lowest BCUT2D eigenvalue weighted by Crippen LogP contribution is -2.21. The van der Waals surface area contributed by atoms with Gasteiger partial charge in [0.2, 0.25) is 0 Å². The molecule has 8 heteroatoms. The van der Waals surface area contributed by atoms with Gasteiger partial charge in [-0.1, -0.05) is 17.7 Å². The van der Waals surface area contributed by atoms with E-state index in [1.807, 2.05) is 19.9 Å². The Bertz CT molecular complexity index is 1040. The Kier molecular flexibility index (Phi) is 5.14. The third kappa shape index (κ3) is 3.93. The van der Waals surface area contributed by atoms with E-state index in [0.29, 0.717) is 38.7 Å². The second-order valence-corrected chi connectivity index (χ2v) is 6.83. The number of nitrogens with zero attached hydrogens (tertiary/aromatic N) is 2. The first-order valence-corrected chi connectivity index (χ1v) is 8.70. The number of aryl methyl sites for hydroxylation is 4. The maximum Gasteiger partial charge on any atom is 0.339 e. The van der Waals surface area contributed by atoms with Crippen LogP contribution in [0.2, 0.25) is 5.02 Å². The number of carbonyl (C=O) groups is 2. The molecule has 1 amide bonds. The largest absolute Gasteiger partial charge is 0.452 e. The Balaban J connectivity index is 1.73. The van der Waals surface area contributed by atoms with E-state index in [1.54, 1.807) is 26.0 Å². The maximum atomic E-state index is 12.5. The number of hydrogen-bond acceptors (Lipinski definition) is 5. The summed E-state index contributed by atoms with van der Waals surface area (Å²) in [6.07, 6.45) is 0. The highest BCUT2D eigenvalue weighted by atomic mass is 35.5. The van der Waals surface area contributed by atoms with Crippen LogP contribution in [0.4, 0.5) is 5.69 Å². The maximum absolute atomic E-state index is 12.5. The van der Waals surface area contributed by atoms with E-state index in [0.717, 1.165) is 11.1 Å². The molecule has 27 heavy (non-hydrogen) atoms. The van der Waals surface area contributed by atoms with E-state index in [4.69, 9.17) is 16.3 Å². The average Bonchev–Trinajstić information content (AvgIpc) is 2.96. The van der Waals surface area contributed by atoms with Crippen LogP contribution in [0.25, 0.3) is 11.0 Å². The summed E-state index contributed by atoms with van der Waals surface area (Å²) in [4.78, 5) is 29.0. The third-order valence-corrected chi connectivity index (χ3v) is 4.38. The highest BCUT2D eigenvalue weighted by Crippen LogP contribution is 2.27. The van der Waals surface area contributed by atoms with Crippen molar-refractivity contribution < 1.29 is 14.3 Å². The molecule has 0 aliphatic carbocycles. The zero-order valence-corrected chi connectivity index (χ0v) is 16.2. The number of pyridine rings is 1. The summed E-state index contributed by atoms with van der Waals surface area (Å²) >= 11 is 6.19. The predicted molar refractivity (Wildman–Crippen MR) is 103 cm³/mol. The summed E-state index contributed by atoms with van der Waals surface area (Å²) in [5.74, 6) is -1.08. The predicted octanol–water partition coefficient (Wildman–Crippen LogP) is 3.64. The quantitative estimate of drug-likeness (QED) is 0.667. The van der Waals surface area contributed by atoms with E-state index < -0.39 is 18.5 Å². The van der Waals surface area contributed by atoms with Gasteiger partial charge in [-0.25, -0.2) is 9.78 Å². The summed E-state index contributed by atoms with van der Waals surface area (Å²) in [6.45, 7) is 6.88. The molecule has 1 aromatic carbocycles. The molecule has 2 N–H and O–H groups in total. The minimum Gasteiger partial charge on any atom is -0.452 e. The fraction of sp³-hybridized carbons (Fsp3) is 0.263. The number of esters is 1. The first-order chi connectivity index (χ1) is 12.8. The number of aromatic nitrogens is 3. The van der Waals surface area contributed by atoms with E-state index in [9.17, 15) is 9.59 Å². The standard InChI is InChI=1S/C19H19ClN4O3/c1-9-5-10(2)17(14(20)6-9)22-15(25)8-27-19(26)13-7-11(3)21-18-16(13)12(4)23-24-18/h5-7H,8H2,1-4H3,(H,22,25)(H,21,23,24).